The molecule has 0 aliphatic heterocycles. The Morgan fingerprint density at radius 3 is 2.60 bits per heavy atom. The number of benzene rings is 1. The van der Waals surface area contributed by atoms with E-state index < -0.39 is 0 Å². The third-order valence-electron chi connectivity index (χ3n) is 2.78. The maximum atomic E-state index is 5.84. The summed E-state index contributed by atoms with van der Waals surface area (Å²) < 4.78 is 10.9. The van der Waals surface area contributed by atoms with Gasteiger partial charge in [-0.2, -0.15) is 0 Å². The second-order valence-electron chi connectivity index (χ2n) is 4.32. The number of ether oxygens (including phenoxy) is 2. The number of nitrogen functional groups attached to an aromatic ring is 1. The molecule has 2 N–H and O–H groups in total. The molecule has 0 aliphatic rings. The quantitative estimate of drug-likeness (QED) is 0.874. The molecule has 1 unspecified atom stereocenters. The monoisotopic (exact) mass is 273 g/mol. The summed E-state index contributed by atoms with van der Waals surface area (Å²) in [5.74, 6) is 0.979. The van der Waals surface area contributed by atoms with Gasteiger partial charge in [0.15, 0.2) is 5.82 Å². The fourth-order valence-electron chi connectivity index (χ4n) is 1.99. The summed E-state index contributed by atoms with van der Waals surface area (Å²) in [6, 6.07) is 11.6. The molecule has 0 radical (unpaired) electrons. The highest BCUT2D eigenvalue weighted by molar-refractivity contribution is 5.32. The summed E-state index contributed by atoms with van der Waals surface area (Å²) >= 11 is 0. The maximum Gasteiger partial charge on any atom is 0.164 e. The third-order valence-corrected chi connectivity index (χ3v) is 2.78. The van der Waals surface area contributed by atoms with Crippen LogP contribution in [0, 0.1) is 0 Å². The van der Waals surface area contributed by atoms with Crippen LogP contribution in [-0.2, 0) is 16.1 Å². The minimum Gasteiger partial charge on any atom is -0.384 e. The van der Waals surface area contributed by atoms with Gasteiger partial charge in [-0.1, -0.05) is 30.3 Å². The van der Waals surface area contributed by atoms with Crippen molar-refractivity contribution in [3.63, 3.8) is 0 Å². The zero-order valence-electron chi connectivity index (χ0n) is 11.7. The van der Waals surface area contributed by atoms with E-state index in [1.54, 1.807) is 13.2 Å². The Labute approximate surface area is 118 Å². The van der Waals surface area contributed by atoms with Crippen LogP contribution in [0.4, 0.5) is 5.82 Å². The highest BCUT2D eigenvalue weighted by Crippen LogP contribution is 2.24. The van der Waals surface area contributed by atoms with Crippen molar-refractivity contribution >= 4 is 5.82 Å². The molecule has 5 nitrogen and oxygen atoms in total. The molecule has 106 valence electrons. The summed E-state index contributed by atoms with van der Waals surface area (Å²) in [6.07, 6.45) is -0.319. The second-order valence-corrected chi connectivity index (χ2v) is 4.32. The highest BCUT2D eigenvalue weighted by atomic mass is 16.5. The molecule has 0 aliphatic carbocycles. The molecule has 2 aromatic rings. The lowest BCUT2D eigenvalue weighted by molar-refractivity contribution is 0.0845. The van der Waals surface area contributed by atoms with Gasteiger partial charge >= 0.3 is 0 Å². The van der Waals surface area contributed by atoms with Gasteiger partial charge in [0, 0.05) is 19.8 Å². The zero-order valence-corrected chi connectivity index (χ0v) is 11.7. The predicted octanol–water partition coefficient (Wildman–Crippen LogP) is 2.33. The summed E-state index contributed by atoms with van der Waals surface area (Å²) in [4.78, 5) is 8.78. The van der Waals surface area contributed by atoms with E-state index in [0.29, 0.717) is 24.9 Å². The van der Waals surface area contributed by atoms with Crippen molar-refractivity contribution in [3.8, 4) is 0 Å². The van der Waals surface area contributed by atoms with Gasteiger partial charge in [-0.15, -0.1) is 0 Å². The number of nitrogens with zero attached hydrogens (tertiary/aromatic N) is 2. The van der Waals surface area contributed by atoms with Crippen LogP contribution in [0.3, 0.4) is 0 Å². The van der Waals surface area contributed by atoms with Crippen LogP contribution in [0.1, 0.15) is 30.1 Å². The topological polar surface area (TPSA) is 70.3 Å². The first kappa shape index (κ1) is 14.4. The zero-order chi connectivity index (χ0) is 14.4. The van der Waals surface area contributed by atoms with Crippen LogP contribution >= 0.6 is 0 Å². The molecule has 20 heavy (non-hydrogen) atoms. The summed E-state index contributed by atoms with van der Waals surface area (Å²) in [5, 5.41) is 0. The van der Waals surface area contributed by atoms with E-state index in [4.69, 9.17) is 15.2 Å². The van der Waals surface area contributed by atoms with E-state index in [2.05, 4.69) is 9.97 Å². The largest absolute Gasteiger partial charge is 0.384 e. The smallest absolute Gasteiger partial charge is 0.164 e. The van der Waals surface area contributed by atoms with Crippen LogP contribution < -0.4 is 5.73 Å². The van der Waals surface area contributed by atoms with E-state index in [9.17, 15) is 0 Å². The standard InChI is InChI=1S/C15H19N3O2/c1-3-20-14(11-7-5-4-6-8-11)15-17-12(10-19-2)9-13(16)18-15/h4-9,14H,3,10H2,1-2H3,(H2,16,17,18). The first-order chi connectivity index (χ1) is 9.74. The first-order valence-electron chi connectivity index (χ1n) is 6.53. The molecule has 1 heterocycles. The van der Waals surface area contributed by atoms with Crippen molar-refractivity contribution in [3.05, 3.63) is 53.5 Å². The number of anilines is 1. The average Bonchev–Trinajstić information content (AvgIpc) is 2.45. The Hall–Kier alpha value is -1.98. The number of nitrogens with two attached hydrogens (primary N) is 1. The van der Waals surface area contributed by atoms with Gasteiger partial charge in [0.05, 0.1) is 12.3 Å². The molecule has 0 saturated heterocycles. The van der Waals surface area contributed by atoms with E-state index in [1.807, 2.05) is 37.3 Å². The molecule has 0 fully saturated rings. The van der Waals surface area contributed by atoms with Crippen LogP contribution in [0.15, 0.2) is 36.4 Å². The highest BCUT2D eigenvalue weighted by Gasteiger charge is 2.18. The van der Waals surface area contributed by atoms with Gasteiger partial charge in [-0.05, 0) is 12.5 Å². The molecule has 5 heteroatoms. The van der Waals surface area contributed by atoms with Crippen molar-refractivity contribution in [1.82, 2.24) is 9.97 Å². The number of rotatable bonds is 6. The van der Waals surface area contributed by atoms with Gasteiger partial charge in [-0.3, -0.25) is 0 Å². The van der Waals surface area contributed by atoms with Crippen molar-refractivity contribution < 1.29 is 9.47 Å². The third kappa shape index (κ3) is 3.53. The Bertz CT molecular complexity index is 546. The molecule has 0 saturated carbocycles. The lowest BCUT2D eigenvalue weighted by Crippen LogP contribution is -2.13. The van der Waals surface area contributed by atoms with Crippen LogP contribution in [0.5, 0.6) is 0 Å². The molecular weight excluding hydrogens is 254 g/mol. The fourth-order valence-corrected chi connectivity index (χ4v) is 1.99. The summed E-state index contributed by atoms with van der Waals surface area (Å²) in [7, 11) is 1.62. The van der Waals surface area contributed by atoms with Crippen molar-refractivity contribution in [2.75, 3.05) is 19.5 Å². The van der Waals surface area contributed by atoms with Gasteiger partial charge in [0.2, 0.25) is 0 Å². The minimum atomic E-state index is -0.319. The minimum absolute atomic E-state index is 0.319. The first-order valence-corrected chi connectivity index (χ1v) is 6.53. The number of hydrogen-bond donors (Lipinski definition) is 1. The normalized spacial score (nSPS) is 12.3. The Morgan fingerprint density at radius 2 is 1.95 bits per heavy atom. The molecule has 1 atom stereocenters. The lowest BCUT2D eigenvalue weighted by Gasteiger charge is -2.17. The van der Waals surface area contributed by atoms with Crippen LogP contribution in [0.2, 0.25) is 0 Å². The number of methoxy groups -OCH3 is 1. The van der Waals surface area contributed by atoms with E-state index >= 15 is 0 Å². The van der Waals surface area contributed by atoms with Gasteiger partial charge in [0.25, 0.3) is 0 Å². The van der Waals surface area contributed by atoms with Gasteiger partial charge in [-0.25, -0.2) is 9.97 Å². The van der Waals surface area contributed by atoms with E-state index in [-0.39, 0.29) is 6.10 Å². The van der Waals surface area contributed by atoms with Gasteiger partial charge < -0.3 is 15.2 Å². The molecule has 2 rings (SSSR count). The SMILES string of the molecule is CCOC(c1ccccc1)c1nc(N)cc(COC)n1. The Balaban J connectivity index is 2.38. The maximum absolute atomic E-state index is 5.84. The van der Waals surface area contributed by atoms with Crippen molar-refractivity contribution in [1.29, 1.82) is 0 Å². The molecule has 1 aromatic carbocycles. The van der Waals surface area contributed by atoms with Crippen LogP contribution in [-0.4, -0.2) is 23.7 Å². The molecule has 0 bridgehead atoms. The van der Waals surface area contributed by atoms with E-state index in [1.165, 1.54) is 0 Å². The number of hydrogen-bond acceptors (Lipinski definition) is 5. The second kappa shape index (κ2) is 6.98. The number of aromatic nitrogens is 2. The fraction of sp³-hybridized carbons (Fsp3) is 0.333. The van der Waals surface area contributed by atoms with Crippen LogP contribution in [0.25, 0.3) is 0 Å². The molecule has 0 spiro atoms. The van der Waals surface area contributed by atoms with Crippen molar-refractivity contribution in [2.45, 2.75) is 19.6 Å². The van der Waals surface area contributed by atoms with Gasteiger partial charge in [0.1, 0.15) is 11.9 Å². The van der Waals surface area contributed by atoms with E-state index in [0.717, 1.165) is 11.3 Å². The summed E-state index contributed by atoms with van der Waals surface area (Å²) in [6.45, 7) is 2.91. The molecule has 0 amide bonds. The Morgan fingerprint density at radius 1 is 1.20 bits per heavy atom. The molecular formula is C15H19N3O2. The summed E-state index contributed by atoms with van der Waals surface area (Å²) in [5.41, 5.74) is 7.59. The predicted molar refractivity (Wildman–Crippen MR) is 77.1 cm³/mol. The lowest BCUT2D eigenvalue weighted by atomic mass is 10.1. The average molecular weight is 273 g/mol. The molecule has 1 aromatic heterocycles. The Kier molecular flexibility index (Phi) is 5.03. The van der Waals surface area contributed by atoms with Crippen molar-refractivity contribution in [2.24, 2.45) is 0 Å².